The molecular formula is C15H18FN3OS. The van der Waals surface area contributed by atoms with Gasteiger partial charge >= 0.3 is 0 Å². The maximum absolute atomic E-state index is 13.5. The molecule has 0 aliphatic carbocycles. The van der Waals surface area contributed by atoms with E-state index in [0.29, 0.717) is 34.8 Å². The summed E-state index contributed by atoms with van der Waals surface area (Å²) in [4.78, 5) is 19.3. The summed E-state index contributed by atoms with van der Waals surface area (Å²) in [7, 11) is 0. The van der Waals surface area contributed by atoms with Crippen molar-refractivity contribution in [2.45, 2.75) is 37.1 Å². The van der Waals surface area contributed by atoms with Crippen molar-refractivity contribution in [2.75, 3.05) is 0 Å². The van der Waals surface area contributed by atoms with Gasteiger partial charge in [-0.25, -0.2) is 9.37 Å². The van der Waals surface area contributed by atoms with Crippen LogP contribution in [-0.4, -0.2) is 16.0 Å². The van der Waals surface area contributed by atoms with Gasteiger partial charge in [-0.1, -0.05) is 26.0 Å². The minimum atomic E-state index is -0.262. The summed E-state index contributed by atoms with van der Waals surface area (Å²) in [5, 5.41) is 3.22. The second-order valence-corrected chi connectivity index (χ2v) is 5.96. The predicted molar refractivity (Wildman–Crippen MR) is 82.8 cm³/mol. The van der Waals surface area contributed by atoms with Gasteiger partial charge < -0.3 is 10.3 Å². The van der Waals surface area contributed by atoms with Gasteiger partial charge in [-0.2, -0.15) is 0 Å². The summed E-state index contributed by atoms with van der Waals surface area (Å²) < 4.78 is 13.5. The summed E-state index contributed by atoms with van der Waals surface area (Å²) in [6.07, 6.45) is 0. The zero-order valence-electron chi connectivity index (χ0n) is 12.0. The summed E-state index contributed by atoms with van der Waals surface area (Å²) in [6.45, 7) is 4.60. The van der Waals surface area contributed by atoms with Crippen molar-refractivity contribution in [1.82, 2.24) is 15.3 Å². The number of aromatic nitrogens is 2. The lowest BCUT2D eigenvalue weighted by Crippen LogP contribution is -2.24. The number of thioether (sulfide) groups is 1. The van der Waals surface area contributed by atoms with Crippen LogP contribution in [0.15, 0.2) is 40.0 Å². The number of halogens is 1. The summed E-state index contributed by atoms with van der Waals surface area (Å²) in [5.74, 6) is 0.713. The molecule has 0 saturated carbocycles. The number of rotatable bonds is 6. The van der Waals surface area contributed by atoms with Gasteiger partial charge in [0.15, 0.2) is 0 Å². The number of hydrogen-bond acceptors (Lipinski definition) is 4. The highest BCUT2D eigenvalue weighted by Gasteiger charge is 2.06. The molecule has 0 bridgehead atoms. The van der Waals surface area contributed by atoms with Crippen LogP contribution in [0.25, 0.3) is 0 Å². The van der Waals surface area contributed by atoms with Crippen LogP contribution in [0, 0.1) is 5.82 Å². The van der Waals surface area contributed by atoms with Crippen LogP contribution in [0.5, 0.6) is 0 Å². The first-order valence-corrected chi connectivity index (χ1v) is 7.73. The van der Waals surface area contributed by atoms with Crippen LogP contribution in [0.3, 0.4) is 0 Å². The Labute approximate surface area is 127 Å². The molecule has 0 fully saturated rings. The first kappa shape index (κ1) is 15.7. The maximum atomic E-state index is 13.5. The Bertz CT molecular complexity index is 657. The Kier molecular flexibility index (Phi) is 5.52. The largest absolute Gasteiger partial charge is 0.310 e. The minimum absolute atomic E-state index is 0.185. The van der Waals surface area contributed by atoms with E-state index >= 15 is 0 Å². The average molecular weight is 307 g/mol. The monoisotopic (exact) mass is 307 g/mol. The zero-order chi connectivity index (χ0) is 15.2. The van der Waals surface area contributed by atoms with Crippen LogP contribution in [-0.2, 0) is 12.3 Å². The fourth-order valence-electron chi connectivity index (χ4n) is 1.74. The Morgan fingerprint density at radius 1 is 1.38 bits per heavy atom. The molecule has 0 atom stereocenters. The van der Waals surface area contributed by atoms with Gasteiger partial charge in [0.25, 0.3) is 5.56 Å². The summed E-state index contributed by atoms with van der Waals surface area (Å²) in [6, 6.07) is 8.36. The summed E-state index contributed by atoms with van der Waals surface area (Å²) >= 11 is 1.31. The van der Waals surface area contributed by atoms with Crippen LogP contribution in [0.4, 0.5) is 4.39 Å². The number of H-pyrrole nitrogens is 1. The molecule has 2 rings (SSSR count). The van der Waals surface area contributed by atoms with Crippen molar-refractivity contribution in [3.63, 3.8) is 0 Å². The summed E-state index contributed by atoms with van der Waals surface area (Å²) in [5.41, 5.74) is 0.506. The van der Waals surface area contributed by atoms with Crippen LogP contribution in [0.2, 0.25) is 0 Å². The lowest BCUT2D eigenvalue weighted by Gasteiger charge is -2.08. The Morgan fingerprint density at radius 3 is 2.86 bits per heavy atom. The molecule has 0 aliphatic rings. The molecule has 4 nitrogen and oxygen atoms in total. The first-order chi connectivity index (χ1) is 10.0. The molecule has 21 heavy (non-hydrogen) atoms. The first-order valence-electron chi connectivity index (χ1n) is 6.74. The highest BCUT2D eigenvalue weighted by molar-refractivity contribution is 7.98. The van der Waals surface area contributed by atoms with Crippen LogP contribution < -0.4 is 10.9 Å². The Hall–Kier alpha value is -1.66. The normalized spacial score (nSPS) is 11.0. The van der Waals surface area contributed by atoms with E-state index in [-0.39, 0.29) is 11.4 Å². The van der Waals surface area contributed by atoms with Gasteiger partial charge in [0.2, 0.25) is 0 Å². The van der Waals surface area contributed by atoms with E-state index in [9.17, 15) is 9.18 Å². The number of nitrogens with zero attached hydrogens (tertiary/aromatic N) is 1. The molecule has 0 amide bonds. The van der Waals surface area contributed by atoms with Crippen LogP contribution >= 0.6 is 11.8 Å². The van der Waals surface area contributed by atoms with E-state index in [2.05, 4.69) is 15.3 Å². The van der Waals surface area contributed by atoms with E-state index < -0.39 is 0 Å². The number of aromatic amines is 1. The molecular weight excluding hydrogens is 289 g/mol. The highest BCUT2D eigenvalue weighted by Crippen LogP contribution is 2.23. The highest BCUT2D eigenvalue weighted by atomic mass is 32.2. The van der Waals surface area contributed by atoms with Crippen molar-refractivity contribution in [1.29, 1.82) is 0 Å². The third-order valence-corrected chi connectivity index (χ3v) is 3.80. The van der Waals surface area contributed by atoms with Gasteiger partial charge in [0.1, 0.15) is 11.6 Å². The molecule has 1 aromatic carbocycles. The van der Waals surface area contributed by atoms with Crippen molar-refractivity contribution in [3.8, 4) is 0 Å². The molecule has 0 saturated heterocycles. The van der Waals surface area contributed by atoms with E-state index in [1.165, 1.54) is 23.9 Å². The second kappa shape index (κ2) is 7.38. The van der Waals surface area contributed by atoms with E-state index in [0.717, 1.165) is 0 Å². The molecule has 0 aliphatic heterocycles. The van der Waals surface area contributed by atoms with Crippen molar-refractivity contribution < 1.29 is 4.39 Å². The third kappa shape index (κ3) is 4.99. The molecule has 6 heteroatoms. The lowest BCUT2D eigenvalue weighted by atomic mass is 10.3. The topological polar surface area (TPSA) is 57.8 Å². The lowest BCUT2D eigenvalue weighted by molar-refractivity contribution is 0.579. The standard InChI is InChI=1S/C15H18FN3OS/c1-10(2)17-8-11-7-15(20)19-14(18-11)9-21-13-6-4-3-5-12(13)16/h3-7,10,17H,8-9H2,1-2H3,(H,18,19,20). The van der Waals surface area contributed by atoms with Gasteiger partial charge in [0.05, 0.1) is 11.4 Å². The third-order valence-electron chi connectivity index (χ3n) is 2.74. The number of hydrogen-bond donors (Lipinski definition) is 2. The fraction of sp³-hybridized carbons (Fsp3) is 0.333. The number of nitrogens with one attached hydrogen (secondary N) is 2. The molecule has 0 unspecified atom stereocenters. The van der Waals surface area contributed by atoms with Gasteiger partial charge in [-0.15, -0.1) is 11.8 Å². The average Bonchev–Trinajstić information content (AvgIpc) is 2.44. The molecule has 1 heterocycles. The van der Waals surface area contributed by atoms with Crippen LogP contribution in [0.1, 0.15) is 25.4 Å². The second-order valence-electron chi connectivity index (χ2n) is 4.94. The molecule has 2 aromatic rings. The SMILES string of the molecule is CC(C)NCc1cc(=O)[nH]c(CSc2ccccc2F)n1. The van der Waals surface area contributed by atoms with Crippen molar-refractivity contribution in [3.05, 3.63) is 58.0 Å². The predicted octanol–water partition coefficient (Wildman–Crippen LogP) is 2.70. The Morgan fingerprint density at radius 2 is 2.14 bits per heavy atom. The van der Waals surface area contributed by atoms with E-state index in [4.69, 9.17) is 0 Å². The van der Waals surface area contributed by atoms with Crippen molar-refractivity contribution in [2.24, 2.45) is 0 Å². The van der Waals surface area contributed by atoms with Gasteiger partial charge in [-0.05, 0) is 12.1 Å². The van der Waals surface area contributed by atoms with Crippen molar-refractivity contribution >= 4 is 11.8 Å². The molecule has 2 N–H and O–H groups in total. The van der Waals surface area contributed by atoms with Gasteiger partial charge in [0, 0.05) is 23.5 Å². The quantitative estimate of drug-likeness (QED) is 0.806. The minimum Gasteiger partial charge on any atom is -0.310 e. The molecule has 1 aromatic heterocycles. The van der Waals surface area contributed by atoms with Gasteiger partial charge in [-0.3, -0.25) is 4.79 Å². The molecule has 0 radical (unpaired) electrons. The zero-order valence-corrected chi connectivity index (χ0v) is 12.8. The Balaban J connectivity index is 2.06. The number of benzene rings is 1. The van der Waals surface area contributed by atoms with E-state index in [1.54, 1.807) is 18.2 Å². The molecule has 112 valence electrons. The fourth-order valence-corrected chi connectivity index (χ4v) is 2.55. The van der Waals surface area contributed by atoms with E-state index in [1.807, 2.05) is 13.8 Å². The molecule has 0 spiro atoms. The smallest absolute Gasteiger partial charge is 0.251 e. The maximum Gasteiger partial charge on any atom is 0.251 e.